The number of nitrogens with one attached hydrogen (secondary N) is 1. The maximum atomic E-state index is 13.3. The number of aliphatic hydroxyl groups excluding tert-OH is 1. The number of carbonyl (C=O) groups is 3. The molecule has 5 N–H and O–H groups in total. The van der Waals surface area contributed by atoms with E-state index in [1.165, 1.54) is 4.90 Å². The van der Waals surface area contributed by atoms with Gasteiger partial charge in [-0.2, -0.15) is 0 Å². The monoisotopic (exact) mass is 474 g/mol. The van der Waals surface area contributed by atoms with E-state index in [-0.39, 0.29) is 36.7 Å². The first-order valence-electron chi connectivity index (χ1n) is 11.5. The number of hydrogen-bond donors (Lipinski definition) is 4. The van der Waals surface area contributed by atoms with Crippen LogP contribution in [0.1, 0.15) is 56.0 Å². The van der Waals surface area contributed by atoms with Gasteiger partial charge in [-0.25, -0.2) is 4.79 Å². The number of hydrogen-bond acceptors (Lipinski definition) is 6. The van der Waals surface area contributed by atoms with Crippen LogP contribution in [0.3, 0.4) is 0 Å². The minimum atomic E-state index is -1.00. The summed E-state index contributed by atoms with van der Waals surface area (Å²) in [6, 6.07) is 5.50. The van der Waals surface area contributed by atoms with Crippen LogP contribution in [0.25, 0.3) is 0 Å². The number of amides is 2. The van der Waals surface area contributed by atoms with Gasteiger partial charge in [0.15, 0.2) is 6.10 Å². The van der Waals surface area contributed by atoms with Gasteiger partial charge in [-0.1, -0.05) is 32.9 Å². The molecule has 1 aromatic rings. The molecule has 2 heterocycles. The predicted molar refractivity (Wildman–Crippen MR) is 124 cm³/mol. The lowest BCUT2D eigenvalue weighted by molar-refractivity contribution is -0.167. The fourth-order valence-electron chi connectivity index (χ4n) is 4.48. The predicted octanol–water partition coefficient (Wildman–Crippen LogP) is 1.05. The summed E-state index contributed by atoms with van der Waals surface area (Å²) in [5.41, 5.74) is 5.76. The van der Waals surface area contributed by atoms with Crippen LogP contribution >= 0.6 is 0 Å². The summed E-state index contributed by atoms with van der Waals surface area (Å²) < 4.78 is 5.87. The highest BCUT2D eigenvalue weighted by molar-refractivity contribution is 6.00. The molecule has 2 saturated heterocycles. The second-order valence-electron chi connectivity index (χ2n) is 10.1. The van der Waals surface area contributed by atoms with Crippen LogP contribution in [0.15, 0.2) is 24.3 Å². The molecule has 3 rings (SSSR count). The Morgan fingerprint density at radius 3 is 2.18 bits per heavy atom. The topological polar surface area (TPSA) is 157 Å². The number of carboxylic acids is 1. The molecule has 34 heavy (non-hydrogen) atoms. The fraction of sp³-hybridized carbons (Fsp3) is 0.583. The number of rotatable bonds is 6. The number of carboxylic acid groups (broad SMARTS) is 1. The Morgan fingerprint density at radius 2 is 1.68 bits per heavy atom. The zero-order valence-electron chi connectivity index (χ0n) is 19.9. The van der Waals surface area contributed by atoms with Gasteiger partial charge >= 0.3 is 5.97 Å². The molecule has 1 unspecified atom stereocenters. The lowest BCUT2D eigenvalue weighted by Crippen LogP contribution is -2.51. The molecule has 10 heteroatoms. The Bertz CT molecular complexity index is 934. The van der Waals surface area contributed by atoms with Crippen molar-refractivity contribution in [2.45, 2.75) is 64.4 Å². The molecule has 0 spiro atoms. The molecule has 1 aromatic carbocycles. The number of aliphatic carboxylic acids is 1. The number of ether oxygens (including phenoxy) is 1. The number of piperidine rings is 1. The highest BCUT2D eigenvalue weighted by Crippen LogP contribution is 2.28. The second-order valence-corrected chi connectivity index (χ2v) is 10.1. The molecule has 186 valence electrons. The van der Waals surface area contributed by atoms with Gasteiger partial charge in [-0.3, -0.25) is 15.0 Å². The van der Waals surface area contributed by atoms with Crippen molar-refractivity contribution in [3.05, 3.63) is 35.4 Å². The number of benzene rings is 1. The van der Waals surface area contributed by atoms with Crippen molar-refractivity contribution in [2.75, 3.05) is 19.6 Å². The normalized spacial score (nSPS) is 22.5. The highest BCUT2D eigenvalue weighted by atomic mass is 16.5. The molecule has 0 saturated carbocycles. The number of β-amino-alcohol motifs (C(OH)–C–C–N with tert-alkyl or cyclic N) is 1. The van der Waals surface area contributed by atoms with Crippen LogP contribution in [0.2, 0.25) is 0 Å². The second kappa shape index (κ2) is 10.1. The van der Waals surface area contributed by atoms with E-state index < -0.39 is 29.6 Å². The maximum absolute atomic E-state index is 13.3. The van der Waals surface area contributed by atoms with Crippen LogP contribution in [-0.4, -0.2) is 87.6 Å². The number of nitrogens with two attached hydrogens (primary N) is 1. The molecule has 2 aliphatic heterocycles. The van der Waals surface area contributed by atoms with Crippen LogP contribution < -0.4 is 5.73 Å². The number of amidine groups is 1. The van der Waals surface area contributed by atoms with Crippen molar-refractivity contribution in [1.82, 2.24) is 9.80 Å². The SMILES string of the molecule is CC(C)(C)C(OC1CCN(C(=O)[C@@H]2C[C@@H](O)CN2C(=O)c2ccc(C(=N)N)cc2)CC1)C(=O)O. The van der Waals surface area contributed by atoms with E-state index in [1.807, 2.05) is 20.8 Å². The van der Waals surface area contributed by atoms with Gasteiger partial charge < -0.3 is 30.5 Å². The zero-order chi connectivity index (χ0) is 25.2. The molecular formula is C24H34N4O6. The molecule has 0 bridgehead atoms. The van der Waals surface area contributed by atoms with Crippen molar-refractivity contribution in [1.29, 1.82) is 5.41 Å². The first kappa shape index (κ1) is 25.6. The third kappa shape index (κ3) is 5.74. The average molecular weight is 475 g/mol. The van der Waals surface area contributed by atoms with Crippen LogP contribution in [0.5, 0.6) is 0 Å². The largest absolute Gasteiger partial charge is 0.479 e. The van der Waals surface area contributed by atoms with Gasteiger partial charge in [0.25, 0.3) is 5.91 Å². The summed E-state index contributed by atoms with van der Waals surface area (Å²) in [6.07, 6.45) is -0.831. The summed E-state index contributed by atoms with van der Waals surface area (Å²) in [6.45, 7) is 6.29. The number of likely N-dealkylation sites (tertiary alicyclic amines) is 2. The standard InChI is InChI=1S/C24H34N4O6/c1-24(2,3)19(23(32)33)34-17-8-10-27(11-9-17)22(31)18-12-16(29)13-28(18)21(30)15-6-4-14(5-7-15)20(25)26/h4-7,16-19,29H,8-13H2,1-3H3,(H3,25,26)(H,32,33)/t16-,18+,19?/m1/s1. The van der Waals surface area contributed by atoms with Crippen molar-refractivity contribution in [3.63, 3.8) is 0 Å². The first-order chi connectivity index (χ1) is 15.9. The summed E-state index contributed by atoms with van der Waals surface area (Å²) in [5.74, 6) is -1.70. The minimum Gasteiger partial charge on any atom is -0.479 e. The van der Waals surface area contributed by atoms with E-state index in [2.05, 4.69) is 0 Å². The van der Waals surface area contributed by atoms with Crippen LogP contribution in [-0.2, 0) is 14.3 Å². The molecule has 3 atom stereocenters. The molecule has 0 aromatic heterocycles. The Hall–Kier alpha value is -2.98. The maximum Gasteiger partial charge on any atom is 0.333 e. The third-order valence-electron chi connectivity index (χ3n) is 6.36. The van der Waals surface area contributed by atoms with Gasteiger partial charge in [-0.15, -0.1) is 0 Å². The quantitative estimate of drug-likeness (QED) is 0.354. The third-order valence-corrected chi connectivity index (χ3v) is 6.36. The Balaban J connectivity index is 1.64. The summed E-state index contributed by atoms with van der Waals surface area (Å²) >= 11 is 0. The van der Waals surface area contributed by atoms with E-state index in [1.54, 1.807) is 29.2 Å². The fourth-order valence-corrected chi connectivity index (χ4v) is 4.48. The minimum absolute atomic E-state index is 0.0646. The zero-order valence-corrected chi connectivity index (χ0v) is 19.9. The number of nitrogen functional groups attached to an aromatic ring is 1. The number of carbonyl (C=O) groups excluding carboxylic acids is 2. The van der Waals surface area contributed by atoms with Crippen molar-refractivity contribution >= 4 is 23.6 Å². The van der Waals surface area contributed by atoms with Crippen LogP contribution in [0.4, 0.5) is 0 Å². The number of nitrogens with zero attached hydrogens (tertiary/aromatic N) is 2. The molecule has 2 fully saturated rings. The molecule has 2 amide bonds. The lowest BCUT2D eigenvalue weighted by atomic mass is 9.88. The van der Waals surface area contributed by atoms with Gasteiger partial charge in [0, 0.05) is 37.2 Å². The van der Waals surface area contributed by atoms with E-state index >= 15 is 0 Å². The average Bonchev–Trinajstić information content (AvgIpc) is 3.17. The molecule has 0 radical (unpaired) electrons. The van der Waals surface area contributed by atoms with E-state index in [0.29, 0.717) is 37.1 Å². The molecular weight excluding hydrogens is 440 g/mol. The van der Waals surface area contributed by atoms with Gasteiger partial charge in [0.1, 0.15) is 11.9 Å². The van der Waals surface area contributed by atoms with Crippen molar-refractivity contribution in [3.8, 4) is 0 Å². The van der Waals surface area contributed by atoms with Gasteiger partial charge in [-0.05, 0) is 30.4 Å². The van der Waals surface area contributed by atoms with Crippen molar-refractivity contribution in [2.24, 2.45) is 11.1 Å². The Morgan fingerprint density at radius 1 is 1.12 bits per heavy atom. The molecule has 2 aliphatic rings. The highest BCUT2D eigenvalue weighted by Gasteiger charge is 2.42. The smallest absolute Gasteiger partial charge is 0.333 e. The van der Waals surface area contributed by atoms with Gasteiger partial charge in [0.2, 0.25) is 5.91 Å². The van der Waals surface area contributed by atoms with Crippen LogP contribution in [0, 0.1) is 10.8 Å². The van der Waals surface area contributed by atoms with E-state index in [4.69, 9.17) is 15.9 Å². The first-order valence-corrected chi connectivity index (χ1v) is 11.5. The summed E-state index contributed by atoms with van der Waals surface area (Å²) in [4.78, 5) is 41.0. The van der Waals surface area contributed by atoms with E-state index in [0.717, 1.165) is 0 Å². The Kier molecular flexibility index (Phi) is 7.62. The summed E-state index contributed by atoms with van der Waals surface area (Å²) in [7, 11) is 0. The van der Waals surface area contributed by atoms with Gasteiger partial charge in [0.05, 0.1) is 12.2 Å². The summed E-state index contributed by atoms with van der Waals surface area (Å²) in [5, 5.41) is 27.2. The number of aliphatic hydroxyl groups is 1. The molecule has 10 nitrogen and oxygen atoms in total. The Labute approximate surface area is 199 Å². The lowest BCUT2D eigenvalue weighted by Gasteiger charge is -2.37. The molecule has 0 aliphatic carbocycles. The van der Waals surface area contributed by atoms with Crippen molar-refractivity contribution < 1.29 is 29.3 Å². The van der Waals surface area contributed by atoms with E-state index in [9.17, 15) is 24.6 Å².